The van der Waals surface area contributed by atoms with Gasteiger partial charge in [-0.25, -0.2) is 0 Å². The van der Waals surface area contributed by atoms with Crippen molar-refractivity contribution in [3.8, 4) is 0 Å². The zero-order valence-electron chi connectivity index (χ0n) is 10.0. The van der Waals surface area contributed by atoms with E-state index in [1.165, 1.54) is 27.3 Å². The van der Waals surface area contributed by atoms with Crippen molar-refractivity contribution in [1.82, 2.24) is 0 Å². The second-order valence-electron chi connectivity index (χ2n) is 4.24. The van der Waals surface area contributed by atoms with Crippen LogP contribution < -0.4 is 10.6 Å². The van der Waals surface area contributed by atoms with E-state index in [1.54, 1.807) is 0 Å². The van der Waals surface area contributed by atoms with Crippen LogP contribution >= 0.6 is 8.58 Å². The summed E-state index contributed by atoms with van der Waals surface area (Å²) in [4.78, 5) is 0. The van der Waals surface area contributed by atoms with Gasteiger partial charge in [-0.15, -0.1) is 0 Å². The Morgan fingerprint density at radius 2 is 1.50 bits per heavy atom. The maximum absolute atomic E-state index is 2.24. The predicted molar refractivity (Wildman–Crippen MR) is 74.7 cm³/mol. The molecular formula is C15H17P. The van der Waals surface area contributed by atoms with Gasteiger partial charge in [-0.1, -0.05) is 56.6 Å². The van der Waals surface area contributed by atoms with Crippen LogP contribution in [0.1, 0.15) is 16.7 Å². The lowest BCUT2D eigenvalue weighted by molar-refractivity contribution is 1.37. The molecule has 0 saturated heterocycles. The van der Waals surface area contributed by atoms with Gasteiger partial charge in [0.25, 0.3) is 0 Å². The van der Waals surface area contributed by atoms with Crippen molar-refractivity contribution in [1.29, 1.82) is 0 Å². The lowest BCUT2D eigenvalue weighted by Crippen LogP contribution is -2.07. The van der Waals surface area contributed by atoms with Gasteiger partial charge in [0.2, 0.25) is 0 Å². The predicted octanol–water partition coefficient (Wildman–Crippen LogP) is 3.24. The minimum absolute atomic E-state index is 0.768. The van der Waals surface area contributed by atoms with E-state index in [1.807, 2.05) is 0 Å². The molecule has 0 amide bonds. The van der Waals surface area contributed by atoms with Crippen LogP contribution in [0.4, 0.5) is 0 Å². The van der Waals surface area contributed by atoms with Crippen LogP contribution in [-0.2, 0) is 0 Å². The molecule has 0 spiro atoms. The van der Waals surface area contributed by atoms with Crippen LogP contribution in [-0.4, -0.2) is 0 Å². The summed E-state index contributed by atoms with van der Waals surface area (Å²) in [5.41, 5.74) is 4.15. The molecule has 1 atom stereocenters. The molecule has 0 saturated carbocycles. The van der Waals surface area contributed by atoms with Gasteiger partial charge >= 0.3 is 0 Å². The van der Waals surface area contributed by atoms with Crippen molar-refractivity contribution in [2.24, 2.45) is 0 Å². The normalized spacial score (nSPS) is 11.2. The van der Waals surface area contributed by atoms with Gasteiger partial charge in [0.05, 0.1) is 0 Å². The maximum atomic E-state index is 2.24. The molecule has 0 N–H and O–H groups in total. The van der Waals surface area contributed by atoms with Gasteiger partial charge < -0.3 is 0 Å². The van der Waals surface area contributed by atoms with Crippen LogP contribution in [0.25, 0.3) is 0 Å². The molecule has 16 heavy (non-hydrogen) atoms. The van der Waals surface area contributed by atoms with E-state index in [-0.39, 0.29) is 0 Å². The zero-order valence-corrected chi connectivity index (χ0v) is 11.0. The SMILES string of the molecule is Cc1ccc(Pc2cccc(C)c2C)cc1. The Balaban J connectivity index is 2.27. The summed E-state index contributed by atoms with van der Waals surface area (Å²) in [6.45, 7) is 6.52. The molecule has 0 heterocycles. The smallest absolute Gasteiger partial charge is 0.0194 e. The molecular weight excluding hydrogens is 211 g/mol. The first kappa shape index (κ1) is 11.4. The van der Waals surface area contributed by atoms with Gasteiger partial charge in [-0.3, -0.25) is 0 Å². The molecule has 0 aliphatic rings. The number of hydrogen-bond acceptors (Lipinski definition) is 0. The highest BCUT2D eigenvalue weighted by molar-refractivity contribution is 7.55. The number of hydrogen-bond donors (Lipinski definition) is 0. The average Bonchev–Trinajstić information content (AvgIpc) is 2.28. The van der Waals surface area contributed by atoms with Crippen molar-refractivity contribution in [3.05, 3.63) is 59.2 Å². The van der Waals surface area contributed by atoms with Crippen molar-refractivity contribution >= 4 is 19.2 Å². The van der Waals surface area contributed by atoms with Gasteiger partial charge in [0.15, 0.2) is 0 Å². The Morgan fingerprint density at radius 3 is 2.19 bits per heavy atom. The van der Waals surface area contributed by atoms with Crippen molar-refractivity contribution < 1.29 is 0 Å². The third-order valence-electron chi connectivity index (χ3n) is 2.94. The molecule has 0 bridgehead atoms. The summed E-state index contributed by atoms with van der Waals surface area (Å²) in [7, 11) is 0.768. The fourth-order valence-corrected chi connectivity index (χ4v) is 2.89. The number of aryl methyl sites for hydroxylation is 2. The van der Waals surface area contributed by atoms with Crippen molar-refractivity contribution in [2.75, 3.05) is 0 Å². The largest absolute Gasteiger partial charge is 0.0613 e. The molecule has 0 aromatic heterocycles. The first-order chi connectivity index (χ1) is 7.66. The molecule has 1 unspecified atom stereocenters. The van der Waals surface area contributed by atoms with Crippen molar-refractivity contribution in [3.63, 3.8) is 0 Å². The van der Waals surface area contributed by atoms with Crippen LogP contribution in [0.15, 0.2) is 42.5 Å². The first-order valence-corrected chi connectivity index (χ1v) is 6.57. The standard InChI is InChI=1S/C15H17P/c1-11-7-9-14(10-8-11)16-15-6-4-5-12(2)13(15)3/h4-10,16H,1-3H3. The van der Waals surface area contributed by atoms with E-state index >= 15 is 0 Å². The summed E-state index contributed by atoms with van der Waals surface area (Å²) >= 11 is 0. The van der Waals surface area contributed by atoms with Crippen LogP contribution in [0.5, 0.6) is 0 Å². The van der Waals surface area contributed by atoms with E-state index in [0.29, 0.717) is 0 Å². The minimum Gasteiger partial charge on any atom is -0.0613 e. The second-order valence-corrected chi connectivity index (χ2v) is 5.60. The van der Waals surface area contributed by atoms with E-state index in [4.69, 9.17) is 0 Å². The summed E-state index contributed by atoms with van der Waals surface area (Å²) in [6, 6.07) is 15.4. The summed E-state index contributed by atoms with van der Waals surface area (Å²) in [5.74, 6) is 0. The average molecular weight is 228 g/mol. The molecule has 2 aromatic carbocycles. The van der Waals surface area contributed by atoms with Gasteiger partial charge in [0.1, 0.15) is 0 Å². The summed E-state index contributed by atoms with van der Waals surface area (Å²) in [6.07, 6.45) is 0. The lowest BCUT2D eigenvalue weighted by atomic mass is 10.1. The van der Waals surface area contributed by atoms with E-state index in [0.717, 1.165) is 8.58 Å². The quantitative estimate of drug-likeness (QED) is 0.692. The fourth-order valence-electron chi connectivity index (χ4n) is 1.68. The van der Waals surface area contributed by atoms with Crippen LogP contribution in [0.2, 0.25) is 0 Å². The van der Waals surface area contributed by atoms with Gasteiger partial charge in [-0.2, -0.15) is 0 Å². The molecule has 0 aliphatic carbocycles. The van der Waals surface area contributed by atoms with Crippen LogP contribution in [0.3, 0.4) is 0 Å². The van der Waals surface area contributed by atoms with Gasteiger partial charge in [-0.05, 0) is 42.5 Å². The molecule has 0 radical (unpaired) electrons. The van der Waals surface area contributed by atoms with Gasteiger partial charge in [0, 0.05) is 0 Å². The van der Waals surface area contributed by atoms with Crippen molar-refractivity contribution in [2.45, 2.75) is 20.8 Å². The van der Waals surface area contributed by atoms with E-state index in [2.05, 4.69) is 63.2 Å². The summed E-state index contributed by atoms with van der Waals surface area (Å²) < 4.78 is 0. The molecule has 0 nitrogen and oxygen atoms in total. The zero-order chi connectivity index (χ0) is 11.5. The molecule has 2 rings (SSSR count). The highest BCUT2D eigenvalue weighted by Crippen LogP contribution is 2.15. The van der Waals surface area contributed by atoms with E-state index < -0.39 is 0 Å². The molecule has 2 aromatic rings. The minimum atomic E-state index is 0.768. The Kier molecular flexibility index (Phi) is 3.41. The Morgan fingerprint density at radius 1 is 0.812 bits per heavy atom. The molecule has 0 fully saturated rings. The topological polar surface area (TPSA) is 0 Å². The van der Waals surface area contributed by atoms with E-state index in [9.17, 15) is 0 Å². The van der Waals surface area contributed by atoms with Crippen LogP contribution in [0, 0.1) is 20.8 Å². The Hall–Kier alpha value is -1.13. The molecule has 1 heteroatoms. The molecule has 0 aliphatic heterocycles. The highest BCUT2D eigenvalue weighted by atomic mass is 31.1. The molecule has 82 valence electrons. The monoisotopic (exact) mass is 228 g/mol. The highest BCUT2D eigenvalue weighted by Gasteiger charge is 2.01. The lowest BCUT2D eigenvalue weighted by Gasteiger charge is -2.08. The summed E-state index contributed by atoms with van der Waals surface area (Å²) in [5, 5.41) is 2.88. The Labute approximate surface area is 99.5 Å². The second kappa shape index (κ2) is 4.80. The number of benzene rings is 2. The maximum Gasteiger partial charge on any atom is -0.0194 e. The third-order valence-corrected chi connectivity index (χ3v) is 4.37. The number of rotatable bonds is 2. The Bertz CT molecular complexity index is 483. The fraction of sp³-hybridized carbons (Fsp3) is 0.200. The first-order valence-electron chi connectivity index (χ1n) is 5.57. The third kappa shape index (κ3) is 2.51.